The van der Waals surface area contributed by atoms with Gasteiger partial charge in [0.1, 0.15) is 0 Å². The number of piperidine rings is 1. The second-order valence-corrected chi connectivity index (χ2v) is 9.01. The Balaban J connectivity index is 1.79. The van der Waals surface area contributed by atoms with Gasteiger partial charge < -0.3 is 10.2 Å². The predicted octanol–water partition coefficient (Wildman–Crippen LogP) is 1.08. The van der Waals surface area contributed by atoms with E-state index >= 15 is 0 Å². The van der Waals surface area contributed by atoms with Crippen LogP contribution in [0.5, 0.6) is 0 Å². The zero-order valence-electron chi connectivity index (χ0n) is 13.9. The van der Waals surface area contributed by atoms with E-state index in [0.717, 1.165) is 6.54 Å². The lowest BCUT2D eigenvalue weighted by Gasteiger charge is -2.38. The molecule has 2 saturated heterocycles. The summed E-state index contributed by atoms with van der Waals surface area (Å²) in [5, 5.41) is 2.95. The molecule has 2 fully saturated rings. The maximum absolute atomic E-state index is 12.2. The molecule has 6 nitrogen and oxygen atoms in total. The monoisotopic (exact) mass is 331 g/mol. The van der Waals surface area contributed by atoms with Crippen LogP contribution in [0.15, 0.2) is 0 Å². The van der Waals surface area contributed by atoms with E-state index in [9.17, 15) is 13.2 Å². The topological polar surface area (TPSA) is 69.7 Å². The minimum Gasteiger partial charge on any atom is -0.336 e. The van der Waals surface area contributed by atoms with Gasteiger partial charge in [0.05, 0.1) is 11.5 Å². The molecule has 0 spiro atoms. The van der Waals surface area contributed by atoms with Gasteiger partial charge >= 0.3 is 6.03 Å². The molecule has 128 valence electrons. The molecule has 0 bridgehead atoms. The number of nitrogens with one attached hydrogen (secondary N) is 1. The molecule has 2 amide bonds. The summed E-state index contributed by atoms with van der Waals surface area (Å²) in [7, 11) is -1.27. The van der Waals surface area contributed by atoms with Gasteiger partial charge in [0.2, 0.25) is 0 Å². The fourth-order valence-electron chi connectivity index (χ4n) is 3.50. The van der Waals surface area contributed by atoms with Crippen LogP contribution in [0.1, 0.15) is 39.5 Å². The van der Waals surface area contributed by atoms with E-state index in [2.05, 4.69) is 24.1 Å². The number of hydrogen-bond acceptors (Lipinski definition) is 4. The average molecular weight is 331 g/mol. The fourth-order valence-corrected chi connectivity index (χ4v) is 5.27. The normalized spacial score (nSPS) is 30.0. The van der Waals surface area contributed by atoms with E-state index in [0.29, 0.717) is 25.0 Å². The third-order valence-corrected chi connectivity index (χ3v) is 6.80. The molecule has 2 aliphatic heterocycles. The van der Waals surface area contributed by atoms with Gasteiger partial charge in [0.15, 0.2) is 9.84 Å². The molecule has 0 saturated carbocycles. The van der Waals surface area contributed by atoms with Crippen molar-refractivity contribution < 1.29 is 13.2 Å². The van der Waals surface area contributed by atoms with Gasteiger partial charge in [-0.1, -0.05) is 6.42 Å². The first-order valence-electron chi connectivity index (χ1n) is 8.27. The summed E-state index contributed by atoms with van der Waals surface area (Å²) in [5.41, 5.74) is 0. The van der Waals surface area contributed by atoms with Gasteiger partial charge in [-0.2, -0.15) is 0 Å². The predicted molar refractivity (Wildman–Crippen MR) is 87.7 cm³/mol. The second-order valence-electron chi connectivity index (χ2n) is 6.79. The number of amides is 2. The molecule has 3 atom stereocenters. The van der Waals surface area contributed by atoms with Crippen molar-refractivity contribution in [2.45, 2.75) is 57.7 Å². The highest BCUT2D eigenvalue weighted by Gasteiger charge is 2.33. The molecule has 2 aliphatic rings. The summed E-state index contributed by atoms with van der Waals surface area (Å²) < 4.78 is 23.0. The van der Waals surface area contributed by atoms with Gasteiger partial charge in [-0.05, 0) is 39.7 Å². The van der Waals surface area contributed by atoms with Crippen LogP contribution in [0.2, 0.25) is 0 Å². The Labute approximate surface area is 134 Å². The van der Waals surface area contributed by atoms with Crippen molar-refractivity contribution in [1.82, 2.24) is 15.1 Å². The number of sulfone groups is 1. The second kappa shape index (κ2) is 7.17. The molecule has 0 aromatic heterocycles. The molecular weight excluding hydrogens is 302 g/mol. The molecular formula is C15H29N3O3S. The molecule has 0 aliphatic carbocycles. The zero-order valence-corrected chi connectivity index (χ0v) is 14.7. The first-order chi connectivity index (χ1) is 10.3. The Morgan fingerprint density at radius 1 is 1.36 bits per heavy atom. The van der Waals surface area contributed by atoms with Crippen molar-refractivity contribution in [2.24, 2.45) is 0 Å². The Bertz CT molecular complexity index is 494. The van der Waals surface area contributed by atoms with E-state index in [-0.39, 0.29) is 23.6 Å². The summed E-state index contributed by atoms with van der Waals surface area (Å²) in [6.45, 7) is 6.08. The van der Waals surface area contributed by atoms with E-state index < -0.39 is 9.84 Å². The largest absolute Gasteiger partial charge is 0.336 e. The minimum absolute atomic E-state index is 0.0929. The van der Waals surface area contributed by atoms with Crippen LogP contribution >= 0.6 is 0 Å². The minimum atomic E-state index is -2.96. The van der Waals surface area contributed by atoms with E-state index in [4.69, 9.17) is 0 Å². The van der Waals surface area contributed by atoms with Crippen molar-refractivity contribution in [1.29, 1.82) is 0 Å². The maximum atomic E-state index is 12.2. The lowest BCUT2D eigenvalue weighted by Crippen LogP contribution is -2.51. The van der Waals surface area contributed by atoms with Crippen molar-refractivity contribution in [3.8, 4) is 0 Å². The Morgan fingerprint density at radius 3 is 2.68 bits per heavy atom. The Morgan fingerprint density at radius 2 is 2.09 bits per heavy atom. The van der Waals surface area contributed by atoms with Crippen molar-refractivity contribution in [2.75, 3.05) is 31.6 Å². The van der Waals surface area contributed by atoms with Crippen LogP contribution in [-0.2, 0) is 9.84 Å². The molecule has 0 unspecified atom stereocenters. The van der Waals surface area contributed by atoms with Gasteiger partial charge in [-0.25, -0.2) is 13.2 Å². The average Bonchev–Trinajstić information content (AvgIpc) is 2.84. The quantitative estimate of drug-likeness (QED) is 0.837. The van der Waals surface area contributed by atoms with E-state index in [1.165, 1.54) is 19.3 Å². The van der Waals surface area contributed by atoms with Crippen LogP contribution in [0.4, 0.5) is 4.79 Å². The first kappa shape index (κ1) is 17.5. The number of urea groups is 1. The number of carbonyl (C=O) groups excluding carboxylic acids is 1. The van der Waals surface area contributed by atoms with E-state index in [1.807, 2.05) is 0 Å². The lowest BCUT2D eigenvalue weighted by molar-refractivity contribution is 0.112. The van der Waals surface area contributed by atoms with Gasteiger partial charge in [0, 0.05) is 31.7 Å². The molecule has 0 radical (unpaired) electrons. The van der Waals surface area contributed by atoms with Crippen molar-refractivity contribution >= 4 is 15.9 Å². The SMILES string of the molecule is C[C@@H]1CCCCN1[C@@H](C)CNC(=O)N(C)[C@@H]1CCS(=O)(=O)C1. The van der Waals surface area contributed by atoms with Crippen molar-refractivity contribution in [3.05, 3.63) is 0 Å². The van der Waals surface area contributed by atoms with Gasteiger partial charge in [-0.3, -0.25) is 4.90 Å². The number of rotatable bonds is 4. The molecule has 7 heteroatoms. The highest BCUT2D eigenvalue weighted by Crippen LogP contribution is 2.19. The van der Waals surface area contributed by atoms with E-state index in [1.54, 1.807) is 11.9 Å². The number of carbonyl (C=O) groups is 1. The lowest BCUT2D eigenvalue weighted by atomic mass is 10.0. The molecule has 2 rings (SSSR count). The van der Waals surface area contributed by atoms with Crippen LogP contribution in [0.25, 0.3) is 0 Å². The molecule has 2 heterocycles. The molecule has 0 aromatic carbocycles. The molecule has 22 heavy (non-hydrogen) atoms. The summed E-state index contributed by atoms with van der Waals surface area (Å²) in [6.07, 6.45) is 4.28. The third kappa shape index (κ3) is 4.35. The smallest absolute Gasteiger partial charge is 0.317 e. The third-order valence-electron chi connectivity index (χ3n) is 5.05. The Kier molecular flexibility index (Phi) is 5.71. The van der Waals surface area contributed by atoms with Gasteiger partial charge in [-0.15, -0.1) is 0 Å². The number of nitrogens with zero attached hydrogens (tertiary/aromatic N) is 2. The summed E-state index contributed by atoms with van der Waals surface area (Å²) in [6, 6.07) is 0.520. The zero-order chi connectivity index (χ0) is 16.3. The Hall–Kier alpha value is -0.820. The van der Waals surface area contributed by atoms with Crippen molar-refractivity contribution in [3.63, 3.8) is 0 Å². The standard InChI is InChI=1S/C15H29N3O3S/c1-12-6-4-5-8-18(12)13(2)10-16-15(19)17(3)14-7-9-22(20,21)11-14/h12-14H,4-11H2,1-3H3,(H,16,19)/t12-,13+,14-/m1/s1. The van der Waals surface area contributed by atoms with Crippen LogP contribution < -0.4 is 5.32 Å². The van der Waals surface area contributed by atoms with Crippen LogP contribution in [0, 0.1) is 0 Å². The summed E-state index contributed by atoms with van der Waals surface area (Å²) >= 11 is 0. The highest BCUT2D eigenvalue weighted by molar-refractivity contribution is 7.91. The number of likely N-dealkylation sites (tertiary alicyclic amines) is 1. The maximum Gasteiger partial charge on any atom is 0.317 e. The van der Waals surface area contributed by atoms with Crippen LogP contribution in [0.3, 0.4) is 0 Å². The summed E-state index contributed by atoms with van der Waals surface area (Å²) in [5.74, 6) is 0.284. The molecule has 0 aromatic rings. The molecule has 1 N–H and O–H groups in total. The van der Waals surface area contributed by atoms with Crippen LogP contribution in [-0.4, -0.2) is 74.0 Å². The first-order valence-corrected chi connectivity index (χ1v) is 10.1. The number of hydrogen-bond donors (Lipinski definition) is 1. The fraction of sp³-hybridized carbons (Fsp3) is 0.933. The highest BCUT2D eigenvalue weighted by atomic mass is 32.2. The van der Waals surface area contributed by atoms with Gasteiger partial charge in [0.25, 0.3) is 0 Å². The summed E-state index contributed by atoms with van der Waals surface area (Å²) in [4.78, 5) is 16.2.